The summed E-state index contributed by atoms with van der Waals surface area (Å²) in [6.45, 7) is 4.13. The van der Waals surface area contributed by atoms with Crippen LogP contribution in [0.1, 0.15) is 46.8 Å². The zero-order valence-corrected chi connectivity index (χ0v) is 12.5. The molecule has 2 N–H and O–H groups in total. The van der Waals surface area contributed by atoms with Crippen molar-refractivity contribution in [1.82, 2.24) is 5.32 Å². The van der Waals surface area contributed by atoms with Gasteiger partial charge in [-0.15, -0.1) is 23.7 Å². The lowest BCUT2D eigenvalue weighted by atomic mass is 10.1. The number of hydrogen-bond donors (Lipinski definition) is 2. The minimum Gasteiger partial charge on any atom is -0.480 e. The Hall–Kier alpha value is -1.80. The van der Waals surface area contributed by atoms with Gasteiger partial charge < -0.3 is 10.4 Å². The molecule has 4 nitrogen and oxygen atoms in total. The summed E-state index contributed by atoms with van der Waals surface area (Å²) in [6.07, 6.45) is 7.91. The average Bonchev–Trinajstić information content (AvgIpc) is 2.81. The first kappa shape index (κ1) is 16.3. The molecule has 1 atom stereocenters. The van der Waals surface area contributed by atoms with Crippen LogP contribution >= 0.6 is 11.3 Å². The number of carboxylic acids is 1. The van der Waals surface area contributed by atoms with Crippen LogP contribution in [0.4, 0.5) is 0 Å². The lowest BCUT2D eigenvalue weighted by Crippen LogP contribution is -2.40. The van der Waals surface area contributed by atoms with Gasteiger partial charge in [0.05, 0.1) is 4.88 Å². The Morgan fingerprint density at radius 3 is 2.70 bits per heavy atom. The van der Waals surface area contributed by atoms with Crippen LogP contribution in [0, 0.1) is 12.3 Å². The maximum absolute atomic E-state index is 12.1. The number of thiophene rings is 1. The molecular weight excluding hydrogens is 274 g/mol. The number of hydrogen-bond acceptors (Lipinski definition) is 3. The molecule has 1 amide bonds. The van der Waals surface area contributed by atoms with Crippen molar-refractivity contribution in [3.8, 4) is 12.3 Å². The van der Waals surface area contributed by atoms with Crippen LogP contribution in [-0.4, -0.2) is 23.0 Å². The van der Waals surface area contributed by atoms with Crippen molar-refractivity contribution in [3.63, 3.8) is 0 Å². The van der Waals surface area contributed by atoms with Gasteiger partial charge in [-0.3, -0.25) is 4.79 Å². The van der Waals surface area contributed by atoms with Gasteiger partial charge in [0.25, 0.3) is 5.91 Å². The molecule has 0 saturated carbocycles. The van der Waals surface area contributed by atoms with E-state index in [9.17, 15) is 9.59 Å². The molecule has 20 heavy (non-hydrogen) atoms. The molecule has 0 spiro atoms. The van der Waals surface area contributed by atoms with Crippen molar-refractivity contribution < 1.29 is 14.7 Å². The SMILES string of the molecule is C#CCC(NC(=O)c1cc(CC)c(CCC)s1)C(=O)O. The van der Waals surface area contributed by atoms with Crippen LogP contribution < -0.4 is 5.32 Å². The fraction of sp³-hybridized carbons (Fsp3) is 0.467. The van der Waals surface area contributed by atoms with E-state index in [2.05, 4.69) is 18.2 Å². The first-order chi connectivity index (χ1) is 9.53. The molecule has 0 aromatic carbocycles. The fourth-order valence-electron chi connectivity index (χ4n) is 1.86. The second-order valence-electron chi connectivity index (χ2n) is 4.44. The van der Waals surface area contributed by atoms with Crippen LogP contribution in [0.5, 0.6) is 0 Å². The first-order valence-electron chi connectivity index (χ1n) is 6.62. The average molecular weight is 293 g/mol. The quantitative estimate of drug-likeness (QED) is 0.759. The topological polar surface area (TPSA) is 66.4 Å². The predicted octanol–water partition coefficient (Wildman–Crippen LogP) is 2.47. The number of aryl methyl sites for hydroxylation is 2. The third kappa shape index (κ3) is 4.10. The van der Waals surface area contributed by atoms with Gasteiger partial charge in [0.2, 0.25) is 0 Å². The third-order valence-electron chi connectivity index (χ3n) is 2.90. The molecule has 0 saturated heterocycles. The molecule has 1 heterocycles. The summed E-state index contributed by atoms with van der Waals surface area (Å²) in [7, 11) is 0. The van der Waals surface area contributed by atoms with E-state index in [0.717, 1.165) is 24.8 Å². The Kier molecular flexibility index (Phi) is 6.26. The largest absolute Gasteiger partial charge is 0.480 e. The summed E-state index contributed by atoms with van der Waals surface area (Å²) < 4.78 is 0. The van der Waals surface area contributed by atoms with Crippen molar-refractivity contribution in [1.29, 1.82) is 0 Å². The van der Waals surface area contributed by atoms with E-state index in [4.69, 9.17) is 11.5 Å². The maximum atomic E-state index is 12.1. The van der Waals surface area contributed by atoms with Crippen LogP contribution in [0.15, 0.2) is 6.07 Å². The molecule has 1 aromatic heterocycles. The first-order valence-corrected chi connectivity index (χ1v) is 7.43. The fourth-order valence-corrected chi connectivity index (χ4v) is 3.12. The Morgan fingerprint density at radius 1 is 1.50 bits per heavy atom. The molecule has 108 valence electrons. The van der Waals surface area contributed by atoms with E-state index < -0.39 is 12.0 Å². The van der Waals surface area contributed by atoms with Crippen LogP contribution in [0.25, 0.3) is 0 Å². The molecule has 0 aliphatic heterocycles. The third-order valence-corrected chi connectivity index (χ3v) is 4.14. The summed E-state index contributed by atoms with van der Waals surface area (Å²) in [5.74, 6) is 0.782. The number of amides is 1. The van der Waals surface area contributed by atoms with Crippen LogP contribution in [-0.2, 0) is 17.6 Å². The lowest BCUT2D eigenvalue weighted by molar-refractivity contribution is -0.139. The van der Waals surface area contributed by atoms with Gasteiger partial charge in [-0.05, 0) is 24.5 Å². The van der Waals surface area contributed by atoms with Crippen molar-refractivity contribution in [2.75, 3.05) is 0 Å². The van der Waals surface area contributed by atoms with E-state index >= 15 is 0 Å². The molecular formula is C15H19NO3S. The summed E-state index contributed by atoms with van der Waals surface area (Å²) >= 11 is 1.43. The highest BCUT2D eigenvalue weighted by molar-refractivity contribution is 7.14. The number of carbonyl (C=O) groups excluding carboxylic acids is 1. The minimum atomic E-state index is -1.11. The normalized spacial score (nSPS) is 11.7. The van der Waals surface area contributed by atoms with Crippen molar-refractivity contribution >= 4 is 23.2 Å². The van der Waals surface area contributed by atoms with Crippen molar-refractivity contribution in [3.05, 3.63) is 21.4 Å². The van der Waals surface area contributed by atoms with E-state index in [1.165, 1.54) is 16.2 Å². The molecule has 1 aromatic rings. The Morgan fingerprint density at radius 2 is 2.20 bits per heavy atom. The van der Waals surface area contributed by atoms with E-state index in [1.807, 2.05) is 13.0 Å². The van der Waals surface area contributed by atoms with Gasteiger partial charge in [0.15, 0.2) is 0 Å². The standard InChI is InChI=1S/C15H19NO3S/c1-4-7-11(15(18)19)16-14(17)13-9-10(6-3)12(20-13)8-5-2/h1,9,11H,5-8H2,2-3H3,(H,16,17)(H,18,19). The van der Waals surface area contributed by atoms with Crippen molar-refractivity contribution in [2.24, 2.45) is 0 Å². The number of terminal acetylenes is 1. The molecule has 0 aliphatic rings. The Bertz CT molecular complexity index is 528. The minimum absolute atomic E-state index is 0.0189. The van der Waals surface area contributed by atoms with Gasteiger partial charge in [-0.2, -0.15) is 0 Å². The molecule has 1 unspecified atom stereocenters. The lowest BCUT2D eigenvalue weighted by Gasteiger charge is -2.10. The molecule has 0 radical (unpaired) electrons. The van der Waals surface area contributed by atoms with Crippen molar-refractivity contribution in [2.45, 2.75) is 45.6 Å². The number of nitrogens with one attached hydrogen (secondary N) is 1. The monoisotopic (exact) mass is 293 g/mol. The highest BCUT2D eigenvalue weighted by Gasteiger charge is 2.21. The summed E-state index contributed by atoms with van der Waals surface area (Å²) in [4.78, 5) is 24.8. The molecule has 0 aliphatic carbocycles. The van der Waals surface area contributed by atoms with Gasteiger partial charge in [-0.25, -0.2) is 4.79 Å². The van der Waals surface area contributed by atoms with E-state index in [1.54, 1.807) is 0 Å². The molecule has 1 rings (SSSR count). The molecule has 5 heteroatoms. The zero-order chi connectivity index (χ0) is 15.1. The van der Waals surface area contributed by atoms with E-state index in [-0.39, 0.29) is 12.3 Å². The van der Waals surface area contributed by atoms with Crippen LogP contribution in [0.2, 0.25) is 0 Å². The number of rotatable bonds is 7. The maximum Gasteiger partial charge on any atom is 0.327 e. The smallest absolute Gasteiger partial charge is 0.327 e. The highest BCUT2D eigenvalue weighted by Crippen LogP contribution is 2.24. The summed E-state index contributed by atoms with van der Waals surface area (Å²) in [5.41, 5.74) is 1.16. The number of carboxylic acid groups (broad SMARTS) is 1. The van der Waals surface area contributed by atoms with Gasteiger partial charge in [0, 0.05) is 11.3 Å². The van der Waals surface area contributed by atoms with E-state index in [0.29, 0.717) is 4.88 Å². The second kappa shape index (κ2) is 7.71. The second-order valence-corrected chi connectivity index (χ2v) is 5.57. The Labute approximate surface area is 123 Å². The zero-order valence-electron chi connectivity index (χ0n) is 11.7. The van der Waals surface area contributed by atoms with Gasteiger partial charge >= 0.3 is 5.97 Å². The van der Waals surface area contributed by atoms with Crippen LogP contribution in [0.3, 0.4) is 0 Å². The molecule has 0 bridgehead atoms. The van der Waals surface area contributed by atoms with Gasteiger partial charge in [-0.1, -0.05) is 20.3 Å². The highest BCUT2D eigenvalue weighted by atomic mass is 32.1. The number of aliphatic carboxylic acids is 1. The summed E-state index contributed by atoms with van der Waals surface area (Å²) in [5, 5.41) is 11.5. The van der Waals surface area contributed by atoms with Gasteiger partial charge in [0.1, 0.15) is 6.04 Å². The molecule has 0 fully saturated rings. The summed E-state index contributed by atoms with van der Waals surface area (Å²) in [6, 6.07) is 0.814. The predicted molar refractivity (Wildman–Crippen MR) is 80.0 cm³/mol. The number of carbonyl (C=O) groups is 2. The Balaban J connectivity index is 2.86.